The first kappa shape index (κ1) is 12.7. The molecule has 1 aromatic rings. The van der Waals surface area contributed by atoms with Gasteiger partial charge in [-0.2, -0.15) is 0 Å². The number of furan rings is 1. The first-order valence-electron chi connectivity index (χ1n) is 6.96. The van der Waals surface area contributed by atoms with E-state index in [4.69, 9.17) is 4.42 Å². The molecule has 0 radical (unpaired) electrons. The van der Waals surface area contributed by atoms with Gasteiger partial charge in [0.2, 0.25) is 0 Å². The molecule has 1 atom stereocenters. The van der Waals surface area contributed by atoms with Gasteiger partial charge >= 0.3 is 0 Å². The van der Waals surface area contributed by atoms with Crippen molar-refractivity contribution in [1.29, 1.82) is 0 Å². The Morgan fingerprint density at radius 3 is 2.41 bits per heavy atom. The van der Waals surface area contributed by atoms with Crippen LogP contribution in [-0.4, -0.2) is 6.04 Å². The molecule has 1 fully saturated rings. The van der Waals surface area contributed by atoms with Gasteiger partial charge in [-0.25, -0.2) is 0 Å². The van der Waals surface area contributed by atoms with E-state index < -0.39 is 0 Å². The van der Waals surface area contributed by atoms with Crippen molar-refractivity contribution in [3.8, 4) is 0 Å². The number of rotatable bonds is 4. The predicted molar refractivity (Wildman–Crippen MR) is 70.8 cm³/mol. The minimum atomic E-state index is 0.339. The average molecular weight is 235 g/mol. The van der Waals surface area contributed by atoms with Crippen LogP contribution in [0.2, 0.25) is 0 Å². The number of nitrogens with one attached hydrogen (secondary N) is 1. The molecule has 0 spiro atoms. The van der Waals surface area contributed by atoms with Crippen molar-refractivity contribution in [2.45, 2.75) is 58.5 Å². The van der Waals surface area contributed by atoms with E-state index >= 15 is 0 Å². The first-order chi connectivity index (χ1) is 8.16. The van der Waals surface area contributed by atoms with Crippen LogP contribution >= 0.6 is 0 Å². The topological polar surface area (TPSA) is 25.2 Å². The highest BCUT2D eigenvalue weighted by Crippen LogP contribution is 2.30. The smallest absolute Gasteiger partial charge is 0.120 e. The van der Waals surface area contributed by atoms with Crippen LogP contribution in [0.3, 0.4) is 0 Å². The highest BCUT2D eigenvalue weighted by atomic mass is 16.3. The van der Waals surface area contributed by atoms with Crippen molar-refractivity contribution in [3.63, 3.8) is 0 Å². The quantitative estimate of drug-likeness (QED) is 0.848. The summed E-state index contributed by atoms with van der Waals surface area (Å²) in [6, 6.07) is 5.02. The highest BCUT2D eigenvalue weighted by Gasteiger charge is 2.24. The molecule has 1 N–H and O–H groups in total. The Labute approximate surface area is 105 Å². The van der Waals surface area contributed by atoms with Crippen LogP contribution < -0.4 is 5.32 Å². The summed E-state index contributed by atoms with van der Waals surface area (Å²) in [6.07, 6.45) is 7.13. The summed E-state index contributed by atoms with van der Waals surface area (Å²) in [5, 5.41) is 3.69. The Balaban J connectivity index is 1.78. The third-order valence-electron chi connectivity index (χ3n) is 4.17. The third kappa shape index (κ3) is 3.35. The van der Waals surface area contributed by atoms with E-state index in [0.717, 1.165) is 17.6 Å². The van der Waals surface area contributed by atoms with Crippen molar-refractivity contribution < 1.29 is 4.42 Å². The van der Waals surface area contributed by atoms with E-state index in [-0.39, 0.29) is 0 Å². The van der Waals surface area contributed by atoms with Gasteiger partial charge in [0.25, 0.3) is 0 Å². The summed E-state index contributed by atoms with van der Waals surface area (Å²) in [5.41, 5.74) is 0. The van der Waals surface area contributed by atoms with E-state index in [1.165, 1.54) is 25.7 Å². The van der Waals surface area contributed by atoms with Gasteiger partial charge in [-0.05, 0) is 56.6 Å². The van der Waals surface area contributed by atoms with Crippen molar-refractivity contribution in [2.75, 3.05) is 0 Å². The highest BCUT2D eigenvalue weighted by molar-refractivity contribution is 5.03. The Morgan fingerprint density at radius 2 is 1.88 bits per heavy atom. The standard InChI is InChI=1S/C15H25NO/c1-11(2)13-6-8-14(9-7-13)16-12(3)15-5-4-10-17-15/h4-5,10-14,16H,6-9H2,1-3H3/t12-,13?,14?/m0/s1. The fraction of sp³-hybridized carbons (Fsp3) is 0.733. The third-order valence-corrected chi connectivity index (χ3v) is 4.17. The molecule has 0 saturated heterocycles. The first-order valence-corrected chi connectivity index (χ1v) is 6.96. The molecule has 0 aliphatic heterocycles. The van der Waals surface area contributed by atoms with Crippen LogP contribution in [0.5, 0.6) is 0 Å². The molecule has 17 heavy (non-hydrogen) atoms. The van der Waals surface area contributed by atoms with Crippen LogP contribution in [0.15, 0.2) is 22.8 Å². The van der Waals surface area contributed by atoms with Crippen molar-refractivity contribution in [3.05, 3.63) is 24.2 Å². The van der Waals surface area contributed by atoms with E-state index in [1.54, 1.807) is 6.26 Å². The molecule has 0 unspecified atom stereocenters. The van der Waals surface area contributed by atoms with Crippen molar-refractivity contribution in [2.24, 2.45) is 11.8 Å². The maximum atomic E-state index is 5.43. The Morgan fingerprint density at radius 1 is 1.18 bits per heavy atom. The second-order valence-electron chi connectivity index (χ2n) is 5.76. The molecule has 0 amide bonds. The molecule has 2 rings (SSSR count). The molecule has 0 aromatic carbocycles. The van der Waals surface area contributed by atoms with E-state index in [2.05, 4.69) is 32.2 Å². The van der Waals surface area contributed by atoms with Crippen LogP contribution in [0, 0.1) is 11.8 Å². The SMILES string of the molecule is CC(C)C1CCC(N[C@@H](C)c2ccco2)CC1. The molecule has 1 aliphatic carbocycles. The largest absolute Gasteiger partial charge is 0.468 e. The lowest BCUT2D eigenvalue weighted by Crippen LogP contribution is -2.35. The van der Waals surface area contributed by atoms with E-state index in [9.17, 15) is 0 Å². The second-order valence-corrected chi connectivity index (χ2v) is 5.76. The number of hydrogen-bond acceptors (Lipinski definition) is 2. The zero-order valence-electron chi connectivity index (χ0n) is 11.3. The molecule has 2 nitrogen and oxygen atoms in total. The average Bonchev–Trinajstić information content (AvgIpc) is 2.83. The van der Waals surface area contributed by atoms with Crippen molar-refractivity contribution >= 4 is 0 Å². The van der Waals surface area contributed by atoms with Crippen LogP contribution in [-0.2, 0) is 0 Å². The van der Waals surface area contributed by atoms with Gasteiger partial charge in [-0.15, -0.1) is 0 Å². The van der Waals surface area contributed by atoms with Gasteiger partial charge in [0.1, 0.15) is 5.76 Å². The number of hydrogen-bond donors (Lipinski definition) is 1. The fourth-order valence-electron chi connectivity index (χ4n) is 2.93. The fourth-order valence-corrected chi connectivity index (χ4v) is 2.93. The molecule has 2 heteroatoms. The zero-order chi connectivity index (χ0) is 12.3. The summed E-state index contributed by atoms with van der Waals surface area (Å²) in [6.45, 7) is 6.89. The maximum Gasteiger partial charge on any atom is 0.120 e. The predicted octanol–water partition coefficient (Wildman–Crippen LogP) is 4.15. The van der Waals surface area contributed by atoms with Gasteiger partial charge in [0.15, 0.2) is 0 Å². The molecule has 1 saturated carbocycles. The van der Waals surface area contributed by atoms with Gasteiger partial charge in [0, 0.05) is 6.04 Å². The lowest BCUT2D eigenvalue weighted by atomic mass is 9.79. The molecule has 1 aromatic heterocycles. The van der Waals surface area contributed by atoms with Gasteiger partial charge in [-0.3, -0.25) is 0 Å². The Kier molecular flexibility index (Phi) is 4.27. The van der Waals surface area contributed by atoms with Crippen LogP contribution in [0.4, 0.5) is 0 Å². The van der Waals surface area contributed by atoms with Crippen molar-refractivity contribution in [1.82, 2.24) is 5.32 Å². The van der Waals surface area contributed by atoms with Gasteiger partial charge in [-0.1, -0.05) is 13.8 Å². The molecule has 0 bridgehead atoms. The molecule has 96 valence electrons. The monoisotopic (exact) mass is 235 g/mol. The summed E-state index contributed by atoms with van der Waals surface area (Å²) >= 11 is 0. The zero-order valence-corrected chi connectivity index (χ0v) is 11.3. The van der Waals surface area contributed by atoms with Gasteiger partial charge in [0.05, 0.1) is 12.3 Å². The summed E-state index contributed by atoms with van der Waals surface area (Å²) in [7, 11) is 0. The van der Waals surface area contributed by atoms with Crippen LogP contribution in [0.1, 0.15) is 58.3 Å². The minimum absolute atomic E-state index is 0.339. The molecule has 1 heterocycles. The molecular formula is C15H25NO. The molecular weight excluding hydrogens is 210 g/mol. The van der Waals surface area contributed by atoms with E-state index in [0.29, 0.717) is 12.1 Å². The van der Waals surface area contributed by atoms with Gasteiger partial charge < -0.3 is 9.73 Å². The van der Waals surface area contributed by atoms with Crippen LogP contribution in [0.25, 0.3) is 0 Å². The maximum absolute atomic E-state index is 5.43. The normalized spacial score (nSPS) is 27.3. The molecule has 1 aliphatic rings. The summed E-state index contributed by atoms with van der Waals surface area (Å²) < 4.78 is 5.43. The summed E-state index contributed by atoms with van der Waals surface area (Å²) in [4.78, 5) is 0. The minimum Gasteiger partial charge on any atom is -0.468 e. The lowest BCUT2D eigenvalue weighted by Gasteiger charge is -2.32. The lowest BCUT2D eigenvalue weighted by molar-refractivity contribution is 0.226. The Hall–Kier alpha value is -0.760. The second kappa shape index (κ2) is 5.72. The summed E-state index contributed by atoms with van der Waals surface area (Å²) in [5.74, 6) is 2.83. The Bertz CT molecular complexity index is 310. The van der Waals surface area contributed by atoms with E-state index in [1.807, 2.05) is 6.07 Å².